The molecular weight excluding hydrogens is 320 g/mol. The van der Waals surface area contributed by atoms with E-state index in [4.69, 9.17) is 0 Å². The van der Waals surface area contributed by atoms with Gasteiger partial charge in [0.2, 0.25) is 0 Å². The Kier molecular flexibility index (Phi) is 5.51. The van der Waals surface area contributed by atoms with Crippen LogP contribution in [0.15, 0.2) is 34.2 Å². The van der Waals surface area contributed by atoms with Gasteiger partial charge in [0.15, 0.2) is 10.9 Å². The third-order valence-electron chi connectivity index (χ3n) is 4.33. The van der Waals surface area contributed by atoms with Gasteiger partial charge in [0.05, 0.1) is 5.69 Å². The van der Waals surface area contributed by atoms with E-state index in [1.54, 1.807) is 0 Å². The van der Waals surface area contributed by atoms with E-state index in [2.05, 4.69) is 9.97 Å². The van der Waals surface area contributed by atoms with Crippen molar-refractivity contribution < 1.29 is 4.79 Å². The molecule has 0 bridgehead atoms. The van der Waals surface area contributed by atoms with Gasteiger partial charge in [-0.25, -0.2) is 4.98 Å². The maximum Gasteiger partial charge on any atom is 0.254 e. The van der Waals surface area contributed by atoms with Crippen LogP contribution in [0, 0.1) is 6.92 Å². The summed E-state index contributed by atoms with van der Waals surface area (Å²) in [6, 6.07) is 7.69. The highest BCUT2D eigenvalue weighted by Gasteiger charge is 2.15. The number of carbonyl (C=O) groups excluding carboxylic acids is 1. The van der Waals surface area contributed by atoms with Gasteiger partial charge in [0, 0.05) is 23.3 Å². The van der Waals surface area contributed by atoms with Crippen molar-refractivity contribution in [2.75, 3.05) is 5.75 Å². The van der Waals surface area contributed by atoms with Crippen LogP contribution in [-0.4, -0.2) is 21.5 Å². The normalized spacial score (nSPS) is 13.5. The third-order valence-corrected chi connectivity index (χ3v) is 5.29. The Morgan fingerprint density at radius 1 is 1.21 bits per heavy atom. The van der Waals surface area contributed by atoms with Gasteiger partial charge in [-0.05, 0) is 39.0 Å². The maximum atomic E-state index is 12.1. The minimum absolute atomic E-state index is 0.0120. The predicted molar refractivity (Wildman–Crippen MR) is 97.0 cm³/mol. The molecule has 1 aromatic heterocycles. The second kappa shape index (κ2) is 7.79. The van der Waals surface area contributed by atoms with Crippen molar-refractivity contribution in [2.24, 2.45) is 0 Å². The molecule has 0 saturated carbocycles. The van der Waals surface area contributed by atoms with E-state index in [-0.39, 0.29) is 11.3 Å². The van der Waals surface area contributed by atoms with Crippen LogP contribution < -0.4 is 5.56 Å². The number of aromatic nitrogens is 2. The fourth-order valence-corrected chi connectivity index (χ4v) is 3.76. The minimum Gasteiger partial charge on any atom is -0.301 e. The molecule has 0 fully saturated rings. The van der Waals surface area contributed by atoms with E-state index >= 15 is 0 Å². The molecule has 4 nitrogen and oxygen atoms in total. The second-order valence-corrected chi connectivity index (χ2v) is 7.33. The van der Waals surface area contributed by atoms with Gasteiger partial charge < -0.3 is 4.98 Å². The number of Topliss-reactive ketones (excluding diaryl/α,β-unsaturated/α-hetero) is 1. The molecular formula is C19H22N2O2S. The average Bonchev–Trinajstić information content (AvgIpc) is 2.59. The highest BCUT2D eigenvalue weighted by atomic mass is 32.2. The number of benzene rings is 1. The zero-order valence-corrected chi connectivity index (χ0v) is 14.7. The summed E-state index contributed by atoms with van der Waals surface area (Å²) in [6.07, 6.45) is 5.22. The number of thioether (sulfide) groups is 1. The van der Waals surface area contributed by atoms with Gasteiger partial charge in [-0.2, -0.15) is 0 Å². The lowest BCUT2D eigenvalue weighted by molar-refractivity contribution is 0.0982. The fraction of sp³-hybridized carbons (Fsp3) is 0.421. The number of carbonyl (C=O) groups is 1. The molecule has 0 spiro atoms. The number of nitrogens with zero attached hydrogens (tertiary/aromatic N) is 1. The molecule has 1 aliphatic rings. The first-order chi connectivity index (χ1) is 11.6. The van der Waals surface area contributed by atoms with Gasteiger partial charge in [0.1, 0.15) is 0 Å². The van der Waals surface area contributed by atoms with E-state index < -0.39 is 0 Å². The topological polar surface area (TPSA) is 62.8 Å². The van der Waals surface area contributed by atoms with Crippen molar-refractivity contribution in [1.82, 2.24) is 9.97 Å². The van der Waals surface area contributed by atoms with Crippen LogP contribution in [0.1, 0.15) is 52.9 Å². The summed E-state index contributed by atoms with van der Waals surface area (Å²) < 4.78 is 0. The zero-order chi connectivity index (χ0) is 16.9. The molecule has 0 atom stereocenters. The summed E-state index contributed by atoms with van der Waals surface area (Å²) in [5, 5.41) is 0.684. The first-order valence-corrected chi connectivity index (χ1v) is 9.47. The Balaban J connectivity index is 1.51. The van der Waals surface area contributed by atoms with Crippen molar-refractivity contribution in [1.29, 1.82) is 0 Å². The summed E-state index contributed by atoms with van der Waals surface area (Å²) in [5.41, 5.74) is 3.76. The van der Waals surface area contributed by atoms with E-state index in [0.29, 0.717) is 11.6 Å². The number of H-pyrrole nitrogens is 1. The maximum absolute atomic E-state index is 12.1. The lowest BCUT2D eigenvalue weighted by Crippen LogP contribution is -2.21. The van der Waals surface area contributed by atoms with Crippen molar-refractivity contribution in [3.63, 3.8) is 0 Å². The summed E-state index contributed by atoms with van der Waals surface area (Å²) in [4.78, 5) is 31.7. The predicted octanol–water partition coefficient (Wildman–Crippen LogP) is 3.71. The van der Waals surface area contributed by atoms with Gasteiger partial charge in [-0.1, -0.05) is 41.6 Å². The molecule has 3 rings (SSSR count). The van der Waals surface area contributed by atoms with Crippen molar-refractivity contribution in [2.45, 2.75) is 50.6 Å². The number of hydrogen-bond donors (Lipinski definition) is 1. The monoisotopic (exact) mass is 342 g/mol. The smallest absolute Gasteiger partial charge is 0.254 e. The largest absolute Gasteiger partial charge is 0.301 e. The number of rotatable bonds is 6. The molecule has 5 heteroatoms. The van der Waals surface area contributed by atoms with E-state index in [0.717, 1.165) is 60.2 Å². The Hall–Kier alpha value is -1.88. The Labute approximate surface area is 146 Å². The second-order valence-electron chi connectivity index (χ2n) is 6.24. The van der Waals surface area contributed by atoms with Crippen LogP contribution in [0.25, 0.3) is 0 Å². The first kappa shape index (κ1) is 17.0. The molecule has 24 heavy (non-hydrogen) atoms. The Bertz CT molecular complexity index is 781. The molecule has 0 saturated heterocycles. The molecule has 1 aliphatic carbocycles. The van der Waals surface area contributed by atoms with Crippen molar-refractivity contribution in [3.05, 3.63) is 57.0 Å². The van der Waals surface area contributed by atoms with Crippen molar-refractivity contribution in [3.8, 4) is 0 Å². The van der Waals surface area contributed by atoms with Crippen LogP contribution in [-0.2, 0) is 12.8 Å². The number of aryl methyl sites for hydroxylation is 2. The van der Waals surface area contributed by atoms with E-state index in [1.165, 1.54) is 11.8 Å². The molecule has 0 radical (unpaired) electrons. The molecule has 0 aliphatic heterocycles. The molecule has 126 valence electrons. The number of nitrogens with one attached hydrogen (secondary N) is 1. The van der Waals surface area contributed by atoms with Crippen molar-refractivity contribution >= 4 is 17.5 Å². The van der Waals surface area contributed by atoms with E-state index in [1.807, 2.05) is 31.2 Å². The third kappa shape index (κ3) is 4.15. The highest BCUT2D eigenvalue weighted by molar-refractivity contribution is 7.99. The fourth-order valence-electron chi connectivity index (χ4n) is 2.93. The Morgan fingerprint density at radius 2 is 1.96 bits per heavy atom. The quantitative estimate of drug-likeness (QED) is 0.376. The SMILES string of the molecule is Cc1ccc(C(=O)CCCSc2nc3c(c(=O)[nH]2)CCCC3)cc1. The Morgan fingerprint density at radius 3 is 2.75 bits per heavy atom. The number of hydrogen-bond acceptors (Lipinski definition) is 4. The van der Waals surface area contributed by atoms with E-state index in [9.17, 15) is 9.59 Å². The van der Waals surface area contributed by atoms with Crippen LogP contribution in [0.5, 0.6) is 0 Å². The summed E-state index contributed by atoms with van der Waals surface area (Å²) >= 11 is 1.53. The molecule has 1 heterocycles. The standard InChI is InChI=1S/C19H22N2O2S/c1-13-8-10-14(11-9-13)17(22)7-4-12-24-19-20-16-6-3-2-5-15(16)18(23)21-19/h8-11H,2-7,12H2,1H3,(H,20,21,23). The number of fused-ring (bicyclic) bond motifs is 1. The van der Waals surface area contributed by atoms with Gasteiger partial charge in [-0.3, -0.25) is 9.59 Å². The van der Waals surface area contributed by atoms with Crippen LogP contribution >= 0.6 is 11.8 Å². The molecule has 0 amide bonds. The molecule has 2 aromatic rings. The first-order valence-electron chi connectivity index (χ1n) is 8.48. The molecule has 1 aromatic carbocycles. The molecule has 1 N–H and O–H groups in total. The van der Waals surface area contributed by atoms with Crippen LogP contribution in [0.2, 0.25) is 0 Å². The zero-order valence-electron chi connectivity index (χ0n) is 13.9. The summed E-state index contributed by atoms with van der Waals surface area (Å²) in [5.74, 6) is 0.946. The average molecular weight is 342 g/mol. The lowest BCUT2D eigenvalue weighted by Gasteiger charge is -2.14. The van der Waals surface area contributed by atoms with Gasteiger partial charge in [-0.15, -0.1) is 0 Å². The van der Waals surface area contributed by atoms with Gasteiger partial charge >= 0.3 is 0 Å². The number of ketones is 1. The van der Waals surface area contributed by atoms with Crippen LogP contribution in [0.3, 0.4) is 0 Å². The minimum atomic E-state index is 0.0120. The highest BCUT2D eigenvalue weighted by Crippen LogP contribution is 2.20. The lowest BCUT2D eigenvalue weighted by atomic mass is 9.97. The molecule has 0 unspecified atom stereocenters. The summed E-state index contributed by atoms with van der Waals surface area (Å²) in [6.45, 7) is 2.01. The number of aromatic amines is 1. The van der Waals surface area contributed by atoms with Gasteiger partial charge in [0.25, 0.3) is 5.56 Å². The van der Waals surface area contributed by atoms with Crippen LogP contribution in [0.4, 0.5) is 0 Å². The summed E-state index contributed by atoms with van der Waals surface area (Å²) in [7, 11) is 0.